The van der Waals surface area contributed by atoms with Crippen molar-refractivity contribution in [1.29, 1.82) is 0 Å². The first kappa shape index (κ1) is 23.6. The predicted octanol–water partition coefficient (Wildman–Crippen LogP) is 2.44. The van der Waals surface area contributed by atoms with Crippen LogP contribution in [0.5, 0.6) is 5.75 Å². The molecule has 1 aliphatic heterocycles. The number of ether oxygens (including phenoxy) is 2. The largest absolute Gasteiger partial charge is 0.481 e. The van der Waals surface area contributed by atoms with Crippen LogP contribution in [0.4, 0.5) is 0 Å². The van der Waals surface area contributed by atoms with Crippen LogP contribution < -0.4 is 10.1 Å². The topological polar surface area (TPSA) is 84.9 Å². The van der Waals surface area contributed by atoms with Gasteiger partial charge in [-0.25, -0.2) is 8.42 Å². The highest BCUT2D eigenvalue weighted by Crippen LogP contribution is 2.25. The predicted molar refractivity (Wildman–Crippen MR) is 114 cm³/mol. The Bertz CT molecular complexity index is 799. The number of nitrogens with zero attached hydrogens (tertiary/aromatic N) is 1. The molecule has 0 bridgehead atoms. The first-order valence-corrected chi connectivity index (χ1v) is 11.8. The van der Waals surface area contributed by atoms with Gasteiger partial charge in [0.1, 0.15) is 5.75 Å². The van der Waals surface area contributed by atoms with Crippen molar-refractivity contribution in [3.63, 3.8) is 0 Å². The number of nitrogens with one attached hydrogen (secondary N) is 1. The summed E-state index contributed by atoms with van der Waals surface area (Å²) < 4.78 is 38.0. The molecule has 1 heterocycles. The number of rotatable bonds is 8. The van der Waals surface area contributed by atoms with Crippen molar-refractivity contribution < 1.29 is 22.7 Å². The molecule has 1 amide bonds. The summed E-state index contributed by atoms with van der Waals surface area (Å²) in [5, 5.41) is 2.68. The van der Waals surface area contributed by atoms with Crippen molar-refractivity contribution in [2.45, 2.75) is 65.8 Å². The SMILES string of the molecule is Cc1ccc(C(C)C)cc1OC(C)C(=O)NCCS(=O)(=O)N1CC(C)OC(C)C1. The fraction of sp³-hybridized carbons (Fsp3) is 0.667. The average molecular weight is 427 g/mol. The van der Waals surface area contributed by atoms with Gasteiger partial charge < -0.3 is 14.8 Å². The van der Waals surface area contributed by atoms with Crippen molar-refractivity contribution in [2.24, 2.45) is 0 Å². The van der Waals surface area contributed by atoms with Crippen LogP contribution in [-0.2, 0) is 19.6 Å². The standard InChI is InChI=1S/C21H34N2O5S/c1-14(2)19-8-7-15(3)20(11-19)28-18(6)21(24)22-9-10-29(25,26)23-12-16(4)27-17(5)13-23/h7-8,11,14,16-18H,9-10,12-13H2,1-6H3,(H,22,24). The minimum Gasteiger partial charge on any atom is -0.481 e. The maximum absolute atomic E-state index is 12.6. The van der Waals surface area contributed by atoms with E-state index >= 15 is 0 Å². The number of aryl methyl sites for hydroxylation is 1. The van der Waals surface area contributed by atoms with Gasteiger partial charge in [0.15, 0.2) is 6.10 Å². The van der Waals surface area contributed by atoms with Crippen LogP contribution in [0.1, 0.15) is 51.7 Å². The van der Waals surface area contributed by atoms with E-state index in [1.807, 2.05) is 32.9 Å². The number of sulfonamides is 1. The van der Waals surface area contributed by atoms with Gasteiger partial charge in [-0.2, -0.15) is 4.31 Å². The zero-order chi connectivity index (χ0) is 21.8. The molecule has 164 valence electrons. The normalized spacial score (nSPS) is 21.8. The molecule has 2 rings (SSSR count). The van der Waals surface area contributed by atoms with E-state index in [1.165, 1.54) is 4.31 Å². The Morgan fingerprint density at radius 2 is 1.86 bits per heavy atom. The van der Waals surface area contributed by atoms with Gasteiger partial charge in [0.25, 0.3) is 5.91 Å². The summed E-state index contributed by atoms with van der Waals surface area (Å²) in [7, 11) is -3.45. The van der Waals surface area contributed by atoms with Gasteiger partial charge in [0, 0.05) is 19.6 Å². The summed E-state index contributed by atoms with van der Waals surface area (Å²) in [6.07, 6.45) is -0.995. The summed E-state index contributed by atoms with van der Waals surface area (Å²) in [5.41, 5.74) is 2.09. The van der Waals surface area contributed by atoms with Crippen molar-refractivity contribution >= 4 is 15.9 Å². The molecule has 1 aliphatic rings. The van der Waals surface area contributed by atoms with E-state index in [9.17, 15) is 13.2 Å². The molecule has 0 spiro atoms. The Hall–Kier alpha value is -1.64. The van der Waals surface area contributed by atoms with Crippen LogP contribution in [0, 0.1) is 6.92 Å². The lowest BCUT2D eigenvalue weighted by Crippen LogP contribution is -2.50. The second-order valence-electron chi connectivity index (χ2n) is 8.12. The molecular weight excluding hydrogens is 392 g/mol. The van der Waals surface area contributed by atoms with Crippen molar-refractivity contribution in [3.05, 3.63) is 29.3 Å². The van der Waals surface area contributed by atoms with E-state index in [1.54, 1.807) is 6.92 Å². The third kappa shape index (κ3) is 6.69. The molecule has 0 saturated carbocycles. The van der Waals surface area contributed by atoms with E-state index in [0.29, 0.717) is 24.8 Å². The highest BCUT2D eigenvalue weighted by Gasteiger charge is 2.30. The summed E-state index contributed by atoms with van der Waals surface area (Å²) >= 11 is 0. The van der Waals surface area contributed by atoms with Gasteiger partial charge >= 0.3 is 0 Å². The molecule has 1 N–H and O–H groups in total. The Kier molecular flexibility index (Phi) is 8.08. The Balaban J connectivity index is 1.88. The number of benzene rings is 1. The molecule has 0 radical (unpaired) electrons. The number of carbonyl (C=O) groups is 1. The Labute approximate surface area is 174 Å². The zero-order valence-corrected chi connectivity index (χ0v) is 19.1. The first-order chi connectivity index (χ1) is 13.5. The minimum absolute atomic E-state index is 0.0417. The van der Waals surface area contributed by atoms with E-state index in [-0.39, 0.29) is 30.4 Å². The molecule has 1 aromatic carbocycles. The second kappa shape index (κ2) is 9.91. The number of morpholine rings is 1. The monoisotopic (exact) mass is 426 g/mol. The smallest absolute Gasteiger partial charge is 0.260 e. The van der Waals surface area contributed by atoms with Crippen molar-refractivity contribution in [3.8, 4) is 5.75 Å². The molecule has 0 aromatic heterocycles. The van der Waals surface area contributed by atoms with Crippen LogP contribution >= 0.6 is 0 Å². The van der Waals surface area contributed by atoms with Crippen LogP contribution in [0.25, 0.3) is 0 Å². The zero-order valence-electron chi connectivity index (χ0n) is 18.3. The van der Waals surface area contributed by atoms with E-state index in [2.05, 4.69) is 25.2 Å². The van der Waals surface area contributed by atoms with Gasteiger partial charge in [-0.3, -0.25) is 4.79 Å². The summed E-state index contributed by atoms with van der Waals surface area (Å²) in [6, 6.07) is 5.98. The number of carbonyl (C=O) groups excluding carboxylic acids is 1. The maximum Gasteiger partial charge on any atom is 0.260 e. The molecule has 7 nitrogen and oxygen atoms in total. The fourth-order valence-corrected chi connectivity index (χ4v) is 4.77. The molecule has 29 heavy (non-hydrogen) atoms. The molecule has 3 unspecified atom stereocenters. The van der Waals surface area contributed by atoms with E-state index in [0.717, 1.165) is 11.1 Å². The molecule has 0 aliphatic carbocycles. The maximum atomic E-state index is 12.6. The van der Waals surface area contributed by atoms with Gasteiger partial charge in [0.05, 0.1) is 18.0 Å². The van der Waals surface area contributed by atoms with Gasteiger partial charge in [-0.05, 0) is 50.8 Å². The highest BCUT2D eigenvalue weighted by atomic mass is 32.2. The van der Waals surface area contributed by atoms with Crippen molar-refractivity contribution in [1.82, 2.24) is 9.62 Å². The van der Waals surface area contributed by atoms with E-state index < -0.39 is 16.1 Å². The molecule has 1 saturated heterocycles. The van der Waals surface area contributed by atoms with Crippen LogP contribution in [0.2, 0.25) is 0 Å². The molecule has 8 heteroatoms. The number of amides is 1. The van der Waals surface area contributed by atoms with Gasteiger partial charge in [-0.15, -0.1) is 0 Å². The fourth-order valence-electron chi connectivity index (χ4n) is 3.28. The highest BCUT2D eigenvalue weighted by molar-refractivity contribution is 7.89. The van der Waals surface area contributed by atoms with Crippen LogP contribution in [-0.4, -0.2) is 62.3 Å². The number of hydrogen-bond acceptors (Lipinski definition) is 5. The summed E-state index contributed by atoms with van der Waals surface area (Å²) in [4.78, 5) is 12.4. The van der Waals surface area contributed by atoms with E-state index in [4.69, 9.17) is 9.47 Å². The first-order valence-electron chi connectivity index (χ1n) is 10.2. The molecule has 1 aromatic rings. The van der Waals surface area contributed by atoms with Crippen LogP contribution in [0.3, 0.4) is 0 Å². The van der Waals surface area contributed by atoms with Gasteiger partial charge in [0.2, 0.25) is 10.0 Å². The lowest BCUT2D eigenvalue weighted by atomic mass is 10.0. The Morgan fingerprint density at radius 1 is 1.24 bits per heavy atom. The third-order valence-electron chi connectivity index (χ3n) is 4.99. The lowest BCUT2D eigenvalue weighted by Gasteiger charge is -2.34. The molecule has 3 atom stereocenters. The lowest BCUT2D eigenvalue weighted by molar-refractivity contribution is -0.127. The Morgan fingerprint density at radius 3 is 2.45 bits per heavy atom. The second-order valence-corrected chi connectivity index (χ2v) is 10.2. The minimum atomic E-state index is -3.45. The summed E-state index contributed by atoms with van der Waals surface area (Å²) in [6.45, 7) is 12.2. The van der Waals surface area contributed by atoms with Crippen molar-refractivity contribution in [2.75, 3.05) is 25.4 Å². The van der Waals surface area contributed by atoms with Crippen LogP contribution in [0.15, 0.2) is 18.2 Å². The molecule has 1 fully saturated rings. The van der Waals surface area contributed by atoms with Gasteiger partial charge in [-0.1, -0.05) is 26.0 Å². The summed E-state index contributed by atoms with van der Waals surface area (Å²) in [5.74, 6) is 0.547. The average Bonchev–Trinajstić information content (AvgIpc) is 2.62. The molecular formula is C21H34N2O5S. The quantitative estimate of drug-likeness (QED) is 0.690. The number of hydrogen-bond donors (Lipinski definition) is 1. The third-order valence-corrected chi connectivity index (χ3v) is 6.80.